The van der Waals surface area contributed by atoms with E-state index in [0.717, 1.165) is 24.2 Å². The van der Waals surface area contributed by atoms with Gasteiger partial charge in [0.05, 0.1) is 0 Å². The van der Waals surface area contributed by atoms with Crippen LogP contribution in [-0.2, 0) is 6.42 Å². The highest BCUT2D eigenvalue weighted by Gasteiger charge is 2.19. The van der Waals surface area contributed by atoms with E-state index in [1.807, 2.05) is 0 Å². The number of carboxylic acids is 1. The smallest absolute Gasteiger partial charge is 0.356 e. The number of nitrogens with zero attached hydrogens (tertiary/aromatic N) is 3. The molecule has 1 aliphatic rings. The zero-order valence-corrected chi connectivity index (χ0v) is 14.7. The van der Waals surface area contributed by atoms with Gasteiger partial charge in [-0.1, -0.05) is 52.4 Å². The third kappa shape index (κ3) is 3.60. The average molecular weight is 329 g/mol. The number of fused-ring (bicyclic) bond motifs is 1. The van der Waals surface area contributed by atoms with Crippen LogP contribution in [0.3, 0.4) is 0 Å². The van der Waals surface area contributed by atoms with Crippen LogP contribution < -0.4 is 0 Å². The summed E-state index contributed by atoms with van der Waals surface area (Å²) < 4.78 is 1.72. The van der Waals surface area contributed by atoms with E-state index in [2.05, 4.69) is 25.0 Å². The molecule has 1 atom stereocenters. The van der Waals surface area contributed by atoms with Gasteiger partial charge in [0.15, 0.2) is 11.3 Å². The van der Waals surface area contributed by atoms with Gasteiger partial charge in [-0.25, -0.2) is 14.3 Å². The van der Waals surface area contributed by atoms with E-state index in [1.165, 1.54) is 38.5 Å². The predicted molar refractivity (Wildman–Crippen MR) is 93.5 cm³/mol. The monoisotopic (exact) mass is 329 g/mol. The van der Waals surface area contributed by atoms with Crippen LogP contribution in [-0.4, -0.2) is 25.7 Å². The molecular formula is C19H27N3O2. The van der Waals surface area contributed by atoms with Crippen LogP contribution in [0, 0.1) is 5.92 Å². The van der Waals surface area contributed by atoms with Gasteiger partial charge < -0.3 is 5.11 Å². The average Bonchev–Trinajstić information content (AvgIpc) is 2.84. The minimum absolute atomic E-state index is 0.0682. The third-order valence-corrected chi connectivity index (χ3v) is 5.32. The number of aromatic carboxylic acids is 1. The molecule has 2 aromatic heterocycles. The van der Waals surface area contributed by atoms with Crippen molar-refractivity contribution in [2.24, 2.45) is 5.92 Å². The third-order valence-electron chi connectivity index (χ3n) is 5.32. The molecule has 5 heteroatoms. The summed E-state index contributed by atoms with van der Waals surface area (Å²) in [6, 6.07) is 3.73. The Morgan fingerprint density at radius 1 is 1.29 bits per heavy atom. The molecule has 1 N–H and O–H groups in total. The summed E-state index contributed by atoms with van der Waals surface area (Å²) >= 11 is 0. The maximum atomic E-state index is 11.3. The van der Waals surface area contributed by atoms with Crippen molar-refractivity contribution >= 4 is 11.6 Å². The number of hydrogen-bond acceptors (Lipinski definition) is 3. The maximum absolute atomic E-state index is 11.3. The Hall–Kier alpha value is -1.91. The van der Waals surface area contributed by atoms with Gasteiger partial charge in [-0.2, -0.15) is 5.10 Å². The van der Waals surface area contributed by atoms with Gasteiger partial charge in [-0.15, -0.1) is 0 Å². The largest absolute Gasteiger partial charge is 0.476 e. The SMILES string of the molecule is CCC(C)c1cc(CC2CCCCCC2)nc2cc(C(=O)O)nn12. The molecule has 0 amide bonds. The Balaban J connectivity index is 1.96. The van der Waals surface area contributed by atoms with Gasteiger partial charge in [0, 0.05) is 17.5 Å². The number of aromatic nitrogens is 3. The summed E-state index contributed by atoms with van der Waals surface area (Å²) in [6.45, 7) is 4.30. The molecule has 24 heavy (non-hydrogen) atoms. The van der Waals surface area contributed by atoms with Crippen LogP contribution in [0.4, 0.5) is 0 Å². The summed E-state index contributed by atoms with van der Waals surface area (Å²) in [6.07, 6.45) is 9.90. The zero-order chi connectivity index (χ0) is 17.1. The Kier molecular flexibility index (Phi) is 5.17. The fraction of sp³-hybridized carbons (Fsp3) is 0.632. The standard InChI is InChI=1S/C19H27N3O2/c1-3-13(2)17-11-15(10-14-8-6-4-5-7-9-14)20-18-12-16(19(23)24)21-22(17)18/h11-14H,3-10H2,1-2H3,(H,23,24). The Labute approximate surface area is 143 Å². The van der Waals surface area contributed by atoms with E-state index in [0.29, 0.717) is 17.5 Å². The van der Waals surface area contributed by atoms with Crippen molar-refractivity contribution in [3.8, 4) is 0 Å². The fourth-order valence-electron chi connectivity index (χ4n) is 3.69. The van der Waals surface area contributed by atoms with Crippen LogP contribution in [0.25, 0.3) is 5.65 Å². The molecule has 1 fully saturated rings. The Morgan fingerprint density at radius 3 is 2.62 bits per heavy atom. The van der Waals surface area contributed by atoms with Gasteiger partial charge in [-0.05, 0) is 30.7 Å². The van der Waals surface area contributed by atoms with Crippen LogP contribution in [0.2, 0.25) is 0 Å². The molecule has 5 nitrogen and oxygen atoms in total. The fourth-order valence-corrected chi connectivity index (χ4v) is 3.69. The number of carbonyl (C=O) groups is 1. The van der Waals surface area contributed by atoms with Gasteiger partial charge in [0.25, 0.3) is 0 Å². The molecule has 2 heterocycles. The lowest BCUT2D eigenvalue weighted by atomic mass is 9.94. The van der Waals surface area contributed by atoms with Crippen molar-refractivity contribution in [2.75, 3.05) is 0 Å². The number of carboxylic acid groups (broad SMARTS) is 1. The lowest BCUT2D eigenvalue weighted by Crippen LogP contribution is -2.10. The van der Waals surface area contributed by atoms with Gasteiger partial charge in [0.1, 0.15) is 0 Å². The molecule has 1 unspecified atom stereocenters. The van der Waals surface area contributed by atoms with Crippen LogP contribution >= 0.6 is 0 Å². The first-order chi connectivity index (χ1) is 11.6. The molecule has 0 bridgehead atoms. The quantitative estimate of drug-likeness (QED) is 0.823. The molecule has 130 valence electrons. The van der Waals surface area contributed by atoms with Crippen molar-refractivity contribution in [3.63, 3.8) is 0 Å². The molecule has 1 aliphatic carbocycles. The van der Waals surface area contributed by atoms with E-state index in [-0.39, 0.29) is 5.69 Å². The predicted octanol–water partition coefficient (Wildman–Crippen LogP) is 4.45. The van der Waals surface area contributed by atoms with Gasteiger partial charge in [-0.3, -0.25) is 0 Å². The molecule has 2 aromatic rings. The zero-order valence-electron chi connectivity index (χ0n) is 14.7. The van der Waals surface area contributed by atoms with Crippen molar-refractivity contribution in [1.29, 1.82) is 0 Å². The normalized spacial score (nSPS) is 17.8. The minimum atomic E-state index is -0.999. The van der Waals surface area contributed by atoms with Crippen molar-refractivity contribution in [1.82, 2.24) is 14.6 Å². The number of hydrogen-bond donors (Lipinski definition) is 1. The second-order valence-electron chi connectivity index (χ2n) is 7.15. The topological polar surface area (TPSA) is 67.5 Å². The molecule has 1 saturated carbocycles. The highest BCUT2D eigenvalue weighted by molar-refractivity contribution is 5.86. The first-order valence-corrected chi connectivity index (χ1v) is 9.21. The molecule has 0 aromatic carbocycles. The molecule has 0 spiro atoms. The van der Waals surface area contributed by atoms with Gasteiger partial charge in [0.2, 0.25) is 0 Å². The number of rotatable bonds is 5. The van der Waals surface area contributed by atoms with Crippen LogP contribution in [0.5, 0.6) is 0 Å². The first-order valence-electron chi connectivity index (χ1n) is 9.21. The maximum Gasteiger partial charge on any atom is 0.356 e. The molecule has 3 rings (SSSR count). The summed E-state index contributed by atoms with van der Waals surface area (Å²) in [5.74, 6) is 0.0277. The first kappa shape index (κ1) is 16.9. The summed E-state index contributed by atoms with van der Waals surface area (Å²) in [5, 5.41) is 13.5. The molecule has 0 aliphatic heterocycles. The Morgan fingerprint density at radius 2 is 2.00 bits per heavy atom. The van der Waals surface area contributed by atoms with Crippen LogP contribution in [0.1, 0.15) is 86.6 Å². The lowest BCUT2D eigenvalue weighted by Gasteiger charge is -2.16. The van der Waals surface area contributed by atoms with E-state index < -0.39 is 5.97 Å². The second-order valence-corrected chi connectivity index (χ2v) is 7.15. The van der Waals surface area contributed by atoms with Crippen molar-refractivity contribution in [2.45, 2.75) is 71.1 Å². The van der Waals surface area contributed by atoms with E-state index in [1.54, 1.807) is 10.6 Å². The highest BCUT2D eigenvalue weighted by atomic mass is 16.4. The second kappa shape index (κ2) is 7.32. The summed E-state index contributed by atoms with van der Waals surface area (Å²) in [4.78, 5) is 16.0. The summed E-state index contributed by atoms with van der Waals surface area (Å²) in [7, 11) is 0. The summed E-state index contributed by atoms with van der Waals surface area (Å²) in [5.41, 5.74) is 2.88. The van der Waals surface area contributed by atoms with Crippen LogP contribution in [0.15, 0.2) is 12.1 Å². The van der Waals surface area contributed by atoms with E-state index in [9.17, 15) is 9.90 Å². The van der Waals surface area contributed by atoms with Gasteiger partial charge >= 0.3 is 5.97 Å². The minimum Gasteiger partial charge on any atom is -0.476 e. The molecule has 0 saturated heterocycles. The highest BCUT2D eigenvalue weighted by Crippen LogP contribution is 2.27. The Bertz CT molecular complexity index is 715. The van der Waals surface area contributed by atoms with E-state index in [4.69, 9.17) is 4.98 Å². The molecule has 0 radical (unpaired) electrons. The van der Waals surface area contributed by atoms with E-state index >= 15 is 0 Å². The molecular weight excluding hydrogens is 302 g/mol. The lowest BCUT2D eigenvalue weighted by molar-refractivity contribution is 0.0690. The van der Waals surface area contributed by atoms with Crippen molar-refractivity contribution < 1.29 is 9.90 Å². The van der Waals surface area contributed by atoms with Crippen molar-refractivity contribution in [3.05, 3.63) is 29.2 Å².